The van der Waals surface area contributed by atoms with E-state index in [-0.39, 0.29) is 11.8 Å². The van der Waals surface area contributed by atoms with Gasteiger partial charge in [-0.1, -0.05) is 6.42 Å². The molecule has 0 bridgehead atoms. The monoisotopic (exact) mass is 269 g/mol. The Morgan fingerprint density at radius 3 is 2.78 bits per heavy atom. The first-order valence-electron chi connectivity index (χ1n) is 6.25. The van der Waals surface area contributed by atoms with Gasteiger partial charge in [-0.2, -0.15) is 0 Å². The number of hydrogen-bond acceptors (Lipinski definition) is 4. The molecule has 1 fully saturated rings. The molecule has 2 rings (SSSR count). The number of pyridine rings is 1. The predicted octanol–water partition coefficient (Wildman–Crippen LogP) is 0.643. The van der Waals surface area contributed by atoms with Crippen LogP contribution in [0.2, 0.25) is 0 Å². The maximum atomic E-state index is 11.9. The van der Waals surface area contributed by atoms with Gasteiger partial charge in [0.1, 0.15) is 0 Å². The standard InChI is InChI=1S/C12H19N3O2S/c16-18(17,10-11-4-7-13-8-5-11)15-9-12-3-1-2-6-14-12/h4-5,7-8,12,14-15H,1-3,6,9-10H2/t12-/m1/s1. The molecule has 1 aliphatic rings. The molecule has 0 aromatic carbocycles. The molecular formula is C12H19N3O2S. The summed E-state index contributed by atoms with van der Waals surface area (Å²) in [7, 11) is -3.25. The van der Waals surface area contributed by atoms with Gasteiger partial charge in [-0.15, -0.1) is 0 Å². The molecule has 1 atom stereocenters. The van der Waals surface area contributed by atoms with Crippen LogP contribution in [0, 0.1) is 0 Å². The minimum Gasteiger partial charge on any atom is -0.313 e. The first kappa shape index (κ1) is 13.5. The Morgan fingerprint density at radius 2 is 2.11 bits per heavy atom. The largest absolute Gasteiger partial charge is 0.313 e. The summed E-state index contributed by atoms with van der Waals surface area (Å²) in [6.07, 6.45) is 6.60. The third kappa shape index (κ3) is 4.36. The number of rotatable bonds is 5. The van der Waals surface area contributed by atoms with Gasteiger partial charge in [0.25, 0.3) is 0 Å². The third-order valence-electron chi connectivity index (χ3n) is 3.07. The number of hydrogen-bond donors (Lipinski definition) is 2. The van der Waals surface area contributed by atoms with E-state index >= 15 is 0 Å². The van der Waals surface area contributed by atoms with Crippen molar-refractivity contribution >= 4 is 10.0 Å². The molecule has 1 aromatic heterocycles. The second kappa shape index (κ2) is 6.26. The molecule has 5 nitrogen and oxygen atoms in total. The number of nitrogens with zero attached hydrogens (tertiary/aromatic N) is 1. The van der Waals surface area contributed by atoms with Crippen LogP contribution in [0.15, 0.2) is 24.5 Å². The van der Waals surface area contributed by atoms with Crippen LogP contribution in [0.5, 0.6) is 0 Å². The molecule has 0 unspecified atom stereocenters. The second-order valence-electron chi connectivity index (χ2n) is 4.61. The summed E-state index contributed by atoms with van der Waals surface area (Å²) in [5, 5.41) is 3.32. The van der Waals surface area contributed by atoms with Gasteiger partial charge in [0.2, 0.25) is 10.0 Å². The summed E-state index contributed by atoms with van der Waals surface area (Å²) in [4.78, 5) is 3.87. The molecule has 1 aliphatic heterocycles. The molecule has 0 amide bonds. The Bertz CT molecular complexity index is 455. The Kier molecular flexibility index (Phi) is 4.68. The Labute approximate surface area is 108 Å². The quantitative estimate of drug-likeness (QED) is 0.823. The minimum absolute atomic E-state index is 0.0161. The van der Waals surface area contributed by atoms with Crippen LogP contribution in [0.25, 0.3) is 0 Å². The van der Waals surface area contributed by atoms with E-state index < -0.39 is 10.0 Å². The van der Waals surface area contributed by atoms with Crippen molar-refractivity contribution in [3.05, 3.63) is 30.1 Å². The molecule has 1 aromatic rings. The highest BCUT2D eigenvalue weighted by Crippen LogP contribution is 2.07. The highest BCUT2D eigenvalue weighted by atomic mass is 32.2. The molecule has 6 heteroatoms. The van der Waals surface area contributed by atoms with Gasteiger partial charge >= 0.3 is 0 Å². The fraction of sp³-hybridized carbons (Fsp3) is 0.583. The van der Waals surface area contributed by atoms with Gasteiger partial charge in [0.15, 0.2) is 0 Å². The van der Waals surface area contributed by atoms with Gasteiger partial charge in [-0.3, -0.25) is 4.98 Å². The van der Waals surface area contributed by atoms with E-state index in [4.69, 9.17) is 0 Å². The van der Waals surface area contributed by atoms with E-state index in [1.807, 2.05) is 0 Å². The zero-order valence-electron chi connectivity index (χ0n) is 10.3. The van der Waals surface area contributed by atoms with Gasteiger partial charge < -0.3 is 5.32 Å². The molecule has 0 spiro atoms. The summed E-state index contributed by atoms with van der Waals surface area (Å²) in [5.74, 6) is 0.0161. The van der Waals surface area contributed by atoms with E-state index in [0.717, 1.165) is 18.5 Å². The Hall–Kier alpha value is -0.980. The first-order chi connectivity index (χ1) is 8.66. The predicted molar refractivity (Wildman–Crippen MR) is 70.5 cm³/mol. The van der Waals surface area contributed by atoms with E-state index in [0.29, 0.717) is 6.54 Å². The Morgan fingerprint density at radius 1 is 1.33 bits per heavy atom. The SMILES string of the molecule is O=S(=O)(Cc1ccncc1)NC[C@H]1CCCCN1. The maximum Gasteiger partial charge on any atom is 0.215 e. The molecule has 100 valence electrons. The second-order valence-corrected chi connectivity index (χ2v) is 6.42. The molecule has 2 heterocycles. The zero-order chi connectivity index (χ0) is 12.8. The van der Waals surface area contributed by atoms with Crippen LogP contribution in [0.1, 0.15) is 24.8 Å². The molecular weight excluding hydrogens is 250 g/mol. The molecule has 0 radical (unpaired) electrons. The number of nitrogens with one attached hydrogen (secondary N) is 2. The lowest BCUT2D eigenvalue weighted by Crippen LogP contribution is -2.43. The van der Waals surface area contributed by atoms with E-state index in [9.17, 15) is 8.42 Å². The van der Waals surface area contributed by atoms with Crippen LogP contribution in [-0.4, -0.2) is 32.5 Å². The summed E-state index contributed by atoms with van der Waals surface area (Å²) in [5.41, 5.74) is 0.758. The fourth-order valence-corrected chi connectivity index (χ4v) is 3.26. The van der Waals surface area contributed by atoms with E-state index in [2.05, 4.69) is 15.0 Å². The van der Waals surface area contributed by atoms with Crippen LogP contribution >= 0.6 is 0 Å². The molecule has 2 N–H and O–H groups in total. The topological polar surface area (TPSA) is 71.1 Å². The maximum absolute atomic E-state index is 11.9. The van der Waals surface area contributed by atoms with E-state index in [1.54, 1.807) is 24.5 Å². The lowest BCUT2D eigenvalue weighted by atomic mass is 10.1. The fourth-order valence-electron chi connectivity index (χ4n) is 2.08. The van der Waals surface area contributed by atoms with Gasteiger partial charge in [0, 0.05) is 25.0 Å². The van der Waals surface area contributed by atoms with Gasteiger partial charge in [0.05, 0.1) is 5.75 Å². The smallest absolute Gasteiger partial charge is 0.215 e. The zero-order valence-corrected chi connectivity index (χ0v) is 11.1. The number of aromatic nitrogens is 1. The lowest BCUT2D eigenvalue weighted by molar-refractivity contribution is 0.398. The summed E-state index contributed by atoms with van der Waals surface area (Å²) in [6.45, 7) is 1.46. The van der Waals surface area contributed by atoms with Crippen molar-refractivity contribution in [3.63, 3.8) is 0 Å². The van der Waals surface area contributed by atoms with E-state index in [1.165, 1.54) is 12.8 Å². The first-order valence-corrected chi connectivity index (χ1v) is 7.90. The minimum atomic E-state index is -3.25. The average Bonchev–Trinajstić information content (AvgIpc) is 2.38. The molecule has 1 saturated heterocycles. The van der Waals surface area contributed by atoms with Crippen LogP contribution < -0.4 is 10.0 Å². The van der Waals surface area contributed by atoms with Crippen LogP contribution in [-0.2, 0) is 15.8 Å². The number of sulfonamides is 1. The van der Waals surface area contributed by atoms with Crippen molar-refractivity contribution in [3.8, 4) is 0 Å². The highest BCUT2D eigenvalue weighted by molar-refractivity contribution is 7.88. The molecule has 0 aliphatic carbocycles. The number of piperidine rings is 1. The lowest BCUT2D eigenvalue weighted by Gasteiger charge is -2.23. The van der Waals surface area contributed by atoms with Crippen LogP contribution in [0.4, 0.5) is 0 Å². The molecule has 18 heavy (non-hydrogen) atoms. The van der Waals surface area contributed by atoms with Gasteiger partial charge in [-0.25, -0.2) is 13.1 Å². The summed E-state index contributed by atoms with van der Waals surface area (Å²) < 4.78 is 26.4. The van der Waals surface area contributed by atoms with Crippen molar-refractivity contribution in [2.75, 3.05) is 13.1 Å². The highest BCUT2D eigenvalue weighted by Gasteiger charge is 2.16. The third-order valence-corrected chi connectivity index (χ3v) is 4.39. The summed E-state index contributed by atoms with van der Waals surface area (Å²) >= 11 is 0. The molecule has 0 saturated carbocycles. The normalized spacial score (nSPS) is 20.8. The van der Waals surface area contributed by atoms with Crippen LogP contribution in [0.3, 0.4) is 0 Å². The Balaban J connectivity index is 1.83. The van der Waals surface area contributed by atoms with Crippen molar-refractivity contribution < 1.29 is 8.42 Å². The summed E-state index contributed by atoms with van der Waals surface area (Å²) in [6, 6.07) is 3.71. The van der Waals surface area contributed by atoms with Gasteiger partial charge in [-0.05, 0) is 37.1 Å². The average molecular weight is 269 g/mol. The van der Waals surface area contributed by atoms with Crippen molar-refractivity contribution in [2.24, 2.45) is 0 Å². The van der Waals surface area contributed by atoms with Crippen molar-refractivity contribution in [2.45, 2.75) is 31.1 Å². The van der Waals surface area contributed by atoms with Crippen molar-refractivity contribution in [1.29, 1.82) is 0 Å². The van der Waals surface area contributed by atoms with Crippen molar-refractivity contribution in [1.82, 2.24) is 15.0 Å².